The van der Waals surface area contributed by atoms with E-state index >= 15 is 4.79 Å². The molecule has 11 heteroatoms. The molecule has 0 atom stereocenters. The lowest BCUT2D eigenvalue weighted by Gasteiger charge is -2.18. The molecule has 14 aromatic rings. The molecule has 14 rings (SSSR count). The van der Waals surface area contributed by atoms with Gasteiger partial charge in [0.15, 0.2) is 34.9 Å². The van der Waals surface area contributed by atoms with Crippen LogP contribution in [0.15, 0.2) is 235 Å². The van der Waals surface area contributed by atoms with Crippen LogP contribution >= 0.6 is 22.6 Å². The number of halogens is 1. The van der Waals surface area contributed by atoms with Crippen molar-refractivity contribution in [3.63, 3.8) is 0 Å². The Morgan fingerprint density at radius 2 is 0.813 bits per heavy atom. The van der Waals surface area contributed by atoms with E-state index in [2.05, 4.69) is 69.5 Å². The van der Waals surface area contributed by atoms with Crippen LogP contribution in [-0.4, -0.2) is 43.9 Å². The topological polar surface area (TPSA) is 117 Å². The molecule has 9 aromatic carbocycles. The minimum Gasteiger partial charge on any atom is -0.292 e. The molecule has 0 amide bonds. The first kappa shape index (κ1) is 44.1. The van der Waals surface area contributed by atoms with Crippen molar-refractivity contribution in [2.75, 3.05) is 0 Å². The second kappa shape index (κ2) is 18.2. The summed E-state index contributed by atoms with van der Waals surface area (Å²) in [5, 5.41) is 3.06. The summed E-state index contributed by atoms with van der Waals surface area (Å²) in [6, 6.07) is 76.7. The molecule has 0 radical (unpaired) electrons. The molecule has 0 aliphatic heterocycles. The summed E-state index contributed by atoms with van der Waals surface area (Å²) in [5.74, 6) is 3.32. The molecule has 0 spiro atoms. The molecule has 352 valence electrons. The Labute approximate surface area is 442 Å². The van der Waals surface area contributed by atoms with Gasteiger partial charge >= 0.3 is 0 Å². The van der Waals surface area contributed by atoms with E-state index in [0.717, 1.165) is 92.0 Å². The lowest BCUT2D eigenvalue weighted by atomic mass is 9.97. The van der Waals surface area contributed by atoms with Crippen molar-refractivity contribution in [2.45, 2.75) is 0 Å². The Balaban J connectivity index is 1.00. The van der Waals surface area contributed by atoms with Gasteiger partial charge in [-0.1, -0.05) is 170 Å². The van der Waals surface area contributed by atoms with E-state index in [4.69, 9.17) is 34.9 Å². The van der Waals surface area contributed by atoms with Gasteiger partial charge in [0.2, 0.25) is 0 Å². The first-order chi connectivity index (χ1) is 37.0. The van der Waals surface area contributed by atoms with Gasteiger partial charge in [-0.25, -0.2) is 34.9 Å². The fourth-order valence-electron chi connectivity index (χ4n) is 10.2. The number of aromatic nitrogens is 9. The van der Waals surface area contributed by atoms with Crippen LogP contribution in [0.4, 0.5) is 0 Å². The maximum atomic E-state index is 15.7. The van der Waals surface area contributed by atoms with E-state index in [-0.39, 0.29) is 5.56 Å². The summed E-state index contributed by atoms with van der Waals surface area (Å²) in [6.07, 6.45) is 0. The lowest BCUT2D eigenvalue weighted by Crippen LogP contribution is -2.20. The van der Waals surface area contributed by atoms with Crippen LogP contribution in [0.1, 0.15) is 0 Å². The van der Waals surface area contributed by atoms with Gasteiger partial charge in [0, 0.05) is 53.1 Å². The van der Waals surface area contributed by atoms with Crippen LogP contribution < -0.4 is 5.56 Å². The monoisotopic (exact) mass is 1080 g/mol. The average molecular weight is 1080 g/mol. The van der Waals surface area contributed by atoms with Gasteiger partial charge in [-0.05, 0) is 94.4 Å². The van der Waals surface area contributed by atoms with Crippen molar-refractivity contribution in [1.29, 1.82) is 0 Å². The van der Waals surface area contributed by atoms with Gasteiger partial charge in [0.25, 0.3) is 5.56 Å². The molecule has 0 aliphatic carbocycles. The number of para-hydroxylation sites is 3. The largest absolute Gasteiger partial charge is 0.292 e. The number of fused-ring (bicyclic) bond motifs is 10. The van der Waals surface area contributed by atoms with Crippen LogP contribution in [0.2, 0.25) is 0 Å². The van der Waals surface area contributed by atoms with Crippen molar-refractivity contribution < 1.29 is 0 Å². The molecule has 0 bridgehead atoms. The highest BCUT2D eigenvalue weighted by Gasteiger charge is 2.23. The van der Waals surface area contributed by atoms with E-state index < -0.39 is 0 Å². The average Bonchev–Trinajstić information content (AvgIpc) is 3.97. The van der Waals surface area contributed by atoms with Crippen LogP contribution in [0.5, 0.6) is 0 Å². The zero-order valence-electron chi connectivity index (χ0n) is 39.8. The van der Waals surface area contributed by atoms with Crippen LogP contribution in [0, 0.1) is 3.57 Å². The zero-order chi connectivity index (χ0) is 50.0. The summed E-state index contributed by atoms with van der Waals surface area (Å²) in [4.78, 5) is 51.2. The maximum Gasteiger partial charge on any atom is 0.263 e. The Hall–Kier alpha value is -9.59. The molecular formula is C64H38IN9O. The van der Waals surface area contributed by atoms with Crippen LogP contribution in [0.3, 0.4) is 0 Å². The number of pyridine rings is 2. The van der Waals surface area contributed by atoms with Crippen molar-refractivity contribution >= 4 is 71.8 Å². The maximum absolute atomic E-state index is 15.7. The van der Waals surface area contributed by atoms with E-state index in [0.29, 0.717) is 46.0 Å². The molecule has 75 heavy (non-hydrogen) atoms. The quantitative estimate of drug-likeness (QED) is 0.109. The highest BCUT2D eigenvalue weighted by molar-refractivity contribution is 14.1. The predicted octanol–water partition coefficient (Wildman–Crippen LogP) is 14.7. The predicted molar refractivity (Wildman–Crippen MR) is 308 cm³/mol. The summed E-state index contributed by atoms with van der Waals surface area (Å²) < 4.78 is 5.07. The normalized spacial score (nSPS) is 11.6. The fourth-order valence-corrected chi connectivity index (χ4v) is 10.8. The minimum atomic E-state index is -0.173. The number of hydrogen-bond donors (Lipinski definition) is 0. The van der Waals surface area contributed by atoms with Crippen molar-refractivity contribution in [3.8, 4) is 85.1 Å². The van der Waals surface area contributed by atoms with Crippen LogP contribution in [0.25, 0.3) is 134 Å². The van der Waals surface area contributed by atoms with E-state index in [1.54, 1.807) is 0 Å². The van der Waals surface area contributed by atoms with E-state index in [9.17, 15) is 0 Å². The molecule has 0 N–H and O–H groups in total. The first-order valence-electron chi connectivity index (χ1n) is 24.5. The van der Waals surface area contributed by atoms with Gasteiger partial charge in [-0.2, -0.15) is 0 Å². The van der Waals surface area contributed by atoms with E-state index in [1.165, 1.54) is 0 Å². The molecule has 5 aromatic heterocycles. The summed E-state index contributed by atoms with van der Waals surface area (Å²) in [7, 11) is 0. The molecular weight excluding hydrogens is 1040 g/mol. The highest BCUT2D eigenvalue weighted by atomic mass is 127. The van der Waals surface area contributed by atoms with Gasteiger partial charge < -0.3 is 0 Å². The smallest absolute Gasteiger partial charge is 0.263 e. The number of imidazole rings is 1. The lowest BCUT2D eigenvalue weighted by molar-refractivity contribution is 1.05. The minimum absolute atomic E-state index is 0.173. The molecule has 0 saturated carbocycles. The number of nitrogens with zero attached hydrogens (tertiary/aromatic N) is 9. The van der Waals surface area contributed by atoms with Gasteiger partial charge in [0.1, 0.15) is 5.65 Å². The second-order valence-corrected chi connectivity index (χ2v) is 19.5. The van der Waals surface area contributed by atoms with Gasteiger partial charge in [-0.15, -0.1) is 0 Å². The number of hydrogen-bond acceptors (Lipinski definition) is 8. The number of rotatable bonds is 8. The molecule has 0 aliphatic rings. The SMILES string of the molecule is O=c1c2ccc(-c3cc(I)cc(-c4nc(-c5ccccc5)nc(-c5ccccc5)n4)c3)cc2c2c(c3ccccc3n3c4ccccc4nc23)n1-c1cccc(-c2nc(-c3ccccc3)nc(-c3ccccc3)n2)c1. The van der Waals surface area contributed by atoms with E-state index in [1.807, 2.05) is 193 Å². The van der Waals surface area contributed by atoms with Gasteiger partial charge in [0.05, 0.1) is 33.1 Å². The van der Waals surface area contributed by atoms with Crippen molar-refractivity contribution in [1.82, 2.24) is 43.9 Å². The van der Waals surface area contributed by atoms with Crippen molar-refractivity contribution in [3.05, 3.63) is 244 Å². The number of benzene rings is 9. The fraction of sp³-hybridized carbons (Fsp3) is 0. The molecule has 0 saturated heterocycles. The standard InChI is InChI=1S/C64H38IN9O/c65-47-35-45(34-46(36-47)62-71-59(41-22-9-3-10-23-41)68-60(72-62)42-24-11-4-12-25-42)43-32-33-49-51(38-43)55-56(50-28-13-15-30-53(50)74-54-31-16-14-29-52(54)66-63(55)74)73(64(49)75)48-27-17-26-44(37-48)61-69-57(39-18-5-1-6-19-39)67-58(70-61)40-20-7-2-8-21-40/h1-38H. The van der Waals surface area contributed by atoms with Crippen molar-refractivity contribution in [2.24, 2.45) is 0 Å². The van der Waals surface area contributed by atoms with Crippen LogP contribution in [-0.2, 0) is 0 Å². The van der Waals surface area contributed by atoms with Gasteiger partial charge in [-0.3, -0.25) is 13.8 Å². The Morgan fingerprint density at radius 3 is 1.40 bits per heavy atom. The third kappa shape index (κ3) is 7.79. The summed E-state index contributed by atoms with van der Waals surface area (Å²) >= 11 is 2.37. The third-order valence-corrected chi connectivity index (χ3v) is 14.2. The summed E-state index contributed by atoms with van der Waals surface area (Å²) in [5.41, 5.74) is 11.7. The third-order valence-electron chi connectivity index (χ3n) is 13.6. The molecule has 0 unspecified atom stereocenters. The zero-order valence-corrected chi connectivity index (χ0v) is 41.9. The Bertz CT molecular complexity index is 4510. The second-order valence-electron chi connectivity index (χ2n) is 18.3. The summed E-state index contributed by atoms with van der Waals surface area (Å²) in [6.45, 7) is 0. The molecule has 5 heterocycles. The Morgan fingerprint density at radius 1 is 0.333 bits per heavy atom. The Kier molecular flexibility index (Phi) is 10.7. The molecule has 0 fully saturated rings. The molecule has 10 nitrogen and oxygen atoms in total. The highest BCUT2D eigenvalue weighted by Crippen LogP contribution is 2.39. The first-order valence-corrected chi connectivity index (χ1v) is 25.5.